The molecule has 1 aliphatic carbocycles. The van der Waals surface area contributed by atoms with E-state index >= 15 is 0 Å². The van der Waals surface area contributed by atoms with Crippen LogP contribution in [0.15, 0.2) is 0 Å². The Balaban J connectivity index is 2.32. The first-order chi connectivity index (χ1) is 8.49. The van der Waals surface area contributed by atoms with Crippen LogP contribution in [-0.2, 0) is 0 Å². The van der Waals surface area contributed by atoms with Gasteiger partial charge in [0.25, 0.3) is 0 Å². The Bertz CT molecular complexity index is 450. The number of hydrogen-bond donors (Lipinski definition) is 2. The zero-order chi connectivity index (χ0) is 13.3. The van der Waals surface area contributed by atoms with Crippen molar-refractivity contribution in [2.45, 2.75) is 45.4 Å². The minimum atomic E-state index is -1.06. The highest BCUT2D eigenvalue weighted by Crippen LogP contribution is 2.35. The lowest BCUT2D eigenvalue weighted by atomic mass is 9.82. The molecule has 2 rings (SSSR count). The number of nitrogens with zero attached hydrogens (tertiary/aromatic N) is 2. The molecule has 1 aliphatic rings. The molecule has 0 saturated heterocycles. The number of rotatable bonds is 2. The van der Waals surface area contributed by atoms with Crippen LogP contribution < -0.4 is 5.73 Å². The average molecular weight is 249 g/mol. The maximum absolute atomic E-state index is 11.0. The summed E-state index contributed by atoms with van der Waals surface area (Å²) in [4.78, 5) is 19.6. The maximum atomic E-state index is 11.0. The summed E-state index contributed by atoms with van der Waals surface area (Å²) in [6.45, 7) is 3.91. The van der Waals surface area contributed by atoms with E-state index < -0.39 is 5.97 Å². The number of hydrogen-bond acceptors (Lipinski definition) is 4. The summed E-state index contributed by atoms with van der Waals surface area (Å²) in [6.07, 6.45) is 4.55. The lowest BCUT2D eigenvalue weighted by molar-refractivity contribution is 0.0696. The van der Waals surface area contributed by atoms with E-state index in [0.29, 0.717) is 23.4 Å². The summed E-state index contributed by atoms with van der Waals surface area (Å²) in [7, 11) is 0. The van der Waals surface area contributed by atoms with Gasteiger partial charge in [0.05, 0.1) is 5.69 Å². The summed E-state index contributed by atoms with van der Waals surface area (Å²) in [6, 6.07) is 0. The van der Waals surface area contributed by atoms with Crippen molar-refractivity contribution in [2.75, 3.05) is 5.73 Å². The highest BCUT2D eigenvalue weighted by molar-refractivity contribution is 5.93. The van der Waals surface area contributed by atoms with Crippen LogP contribution in [0.25, 0.3) is 0 Å². The Labute approximate surface area is 106 Å². The molecule has 0 bridgehead atoms. The normalized spacial score (nSPS) is 23.9. The predicted molar refractivity (Wildman–Crippen MR) is 68.5 cm³/mol. The Hall–Kier alpha value is -1.65. The molecule has 18 heavy (non-hydrogen) atoms. The third-order valence-corrected chi connectivity index (χ3v) is 3.65. The zero-order valence-electron chi connectivity index (χ0n) is 10.8. The van der Waals surface area contributed by atoms with Crippen molar-refractivity contribution in [1.82, 2.24) is 9.97 Å². The average Bonchev–Trinajstić information content (AvgIpc) is 2.27. The molecule has 0 aromatic carbocycles. The monoisotopic (exact) mass is 249 g/mol. The standard InChI is InChI=1S/C13H19N3O2/c1-7-4-3-5-9(6-7)12-15-8(2)10(13(17)18)11(14)16-12/h7,9H,3-6H2,1-2H3,(H,17,18)(H2,14,15,16). The predicted octanol–water partition coefficient (Wildman–Crippen LogP) is 2.36. The Kier molecular flexibility index (Phi) is 3.50. The van der Waals surface area contributed by atoms with Gasteiger partial charge in [-0.3, -0.25) is 0 Å². The number of aromatic carboxylic acids is 1. The molecule has 2 unspecified atom stereocenters. The molecule has 1 aromatic heterocycles. The number of carboxylic acids is 1. The van der Waals surface area contributed by atoms with Gasteiger partial charge < -0.3 is 10.8 Å². The highest BCUT2D eigenvalue weighted by atomic mass is 16.4. The van der Waals surface area contributed by atoms with Gasteiger partial charge in [-0.25, -0.2) is 14.8 Å². The second kappa shape index (κ2) is 4.92. The maximum Gasteiger partial charge on any atom is 0.341 e. The van der Waals surface area contributed by atoms with Crippen LogP contribution in [0.2, 0.25) is 0 Å². The summed E-state index contributed by atoms with van der Waals surface area (Å²) in [5.74, 6) is 0.726. The fourth-order valence-electron chi connectivity index (χ4n) is 2.73. The third-order valence-electron chi connectivity index (χ3n) is 3.65. The summed E-state index contributed by atoms with van der Waals surface area (Å²) < 4.78 is 0. The van der Waals surface area contributed by atoms with Crippen LogP contribution >= 0.6 is 0 Å². The molecule has 0 aliphatic heterocycles. The number of aromatic nitrogens is 2. The second-order valence-electron chi connectivity index (χ2n) is 5.20. The van der Waals surface area contributed by atoms with Gasteiger partial charge in [-0.2, -0.15) is 0 Å². The molecule has 2 atom stereocenters. The molecule has 1 fully saturated rings. The number of anilines is 1. The van der Waals surface area contributed by atoms with Crippen molar-refractivity contribution in [3.05, 3.63) is 17.1 Å². The molecular formula is C13H19N3O2. The molecule has 3 N–H and O–H groups in total. The number of nitrogens with two attached hydrogens (primary N) is 1. The van der Waals surface area contributed by atoms with Crippen LogP contribution in [0.5, 0.6) is 0 Å². The number of carbonyl (C=O) groups is 1. The molecule has 1 heterocycles. The van der Waals surface area contributed by atoms with Crippen LogP contribution in [0.1, 0.15) is 60.4 Å². The molecule has 1 saturated carbocycles. The number of nitrogen functional groups attached to an aromatic ring is 1. The first-order valence-corrected chi connectivity index (χ1v) is 6.36. The highest BCUT2D eigenvalue weighted by Gasteiger charge is 2.25. The van der Waals surface area contributed by atoms with Crippen molar-refractivity contribution >= 4 is 11.8 Å². The molecule has 98 valence electrons. The lowest BCUT2D eigenvalue weighted by Crippen LogP contribution is -2.18. The van der Waals surface area contributed by atoms with Crippen molar-refractivity contribution < 1.29 is 9.90 Å². The van der Waals surface area contributed by atoms with Crippen molar-refractivity contribution in [3.63, 3.8) is 0 Å². The molecular weight excluding hydrogens is 230 g/mol. The van der Waals surface area contributed by atoms with E-state index in [1.165, 1.54) is 12.8 Å². The van der Waals surface area contributed by atoms with Crippen LogP contribution in [0.3, 0.4) is 0 Å². The van der Waals surface area contributed by atoms with E-state index in [-0.39, 0.29) is 11.4 Å². The first kappa shape index (κ1) is 12.8. The fraction of sp³-hybridized carbons (Fsp3) is 0.615. The van der Waals surface area contributed by atoms with Gasteiger partial charge in [-0.1, -0.05) is 19.8 Å². The quantitative estimate of drug-likeness (QED) is 0.839. The number of aryl methyl sites for hydroxylation is 1. The van der Waals surface area contributed by atoms with Crippen molar-refractivity contribution in [2.24, 2.45) is 5.92 Å². The third kappa shape index (κ3) is 2.44. The van der Waals surface area contributed by atoms with Gasteiger partial charge in [0.15, 0.2) is 0 Å². The Morgan fingerprint density at radius 1 is 1.39 bits per heavy atom. The minimum absolute atomic E-state index is 0.0302. The minimum Gasteiger partial charge on any atom is -0.477 e. The van der Waals surface area contributed by atoms with E-state index in [2.05, 4.69) is 16.9 Å². The summed E-state index contributed by atoms with van der Waals surface area (Å²) in [5.41, 5.74) is 6.22. The summed E-state index contributed by atoms with van der Waals surface area (Å²) >= 11 is 0. The smallest absolute Gasteiger partial charge is 0.341 e. The van der Waals surface area contributed by atoms with E-state index in [9.17, 15) is 4.79 Å². The van der Waals surface area contributed by atoms with Gasteiger partial charge in [0.2, 0.25) is 0 Å². The largest absolute Gasteiger partial charge is 0.477 e. The topological polar surface area (TPSA) is 89.1 Å². The van der Waals surface area contributed by atoms with Gasteiger partial charge >= 0.3 is 5.97 Å². The zero-order valence-corrected chi connectivity index (χ0v) is 10.8. The Morgan fingerprint density at radius 3 is 2.67 bits per heavy atom. The molecule has 5 nitrogen and oxygen atoms in total. The van der Waals surface area contributed by atoms with E-state index in [4.69, 9.17) is 10.8 Å². The molecule has 0 radical (unpaired) electrons. The lowest BCUT2D eigenvalue weighted by Gasteiger charge is -2.26. The van der Waals surface area contributed by atoms with E-state index in [1.807, 2.05) is 0 Å². The molecule has 5 heteroatoms. The second-order valence-corrected chi connectivity index (χ2v) is 5.20. The van der Waals surface area contributed by atoms with Crippen molar-refractivity contribution in [3.8, 4) is 0 Å². The van der Waals surface area contributed by atoms with Crippen molar-refractivity contribution in [1.29, 1.82) is 0 Å². The molecule has 0 spiro atoms. The molecule has 0 amide bonds. The van der Waals surface area contributed by atoms with E-state index in [0.717, 1.165) is 12.8 Å². The summed E-state index contributed by atoms with van der Waals surface area (Å²) in [5, 5.41) is 9.03. The van der Waals surface area contributed by atoms with Gasteiger partial charge in [0, 0.05) is 5.92 Å². The van der Waals surface area contributed by atoms with Gasteiger partial charge in [-0.15, -0.1) is 0 Å². The molecule has 1 aromatic rings. The van der Waals surface area contributed by atoms with Crippen LogP contribution in [0, 0.1) is 12.8 Å². The van der Waals surface area contributed by atoms with Gasteiger partial charge in [-0.05, 0) is 25.7 Å². The first-order valence-electron chi connectivity index (χ1n) is 6.36. The SMILES string of the molecule is Cc1nc(C2CCCC(C)C2)nc(N)c1C(=O)O. The van der Waals surface area contributed by atoms with Crippen LogP contribution in [-0.4, -0.2) is 21.0 Å². The van der Waals surface area contributed by atoms with Crippen LogP contribution in [0.4, 0.5) is 5.82 Å². The fourth-order valence-corrected chi connectivity index (χ4v) is 2.73. The Morgan fingerprint density at radius 2 is 2.11 bits per heavy atom. The number of carboxylic acid groups (broad SMARTS) is 1. The van der Waals surface area contributed by atoms with Gasteiger partial charge in [0.1, 0.15) is 17.2 Å². The van der Waals surface area contributed by atoms with E-state index in [1.54, 1.807) is 6.92 Å².